The van der Waals surface area contributed by atoms with E-state index in [0.717, 1.165) is 22.7 Å². The quantitative estimate of drug-likeness (QED) is 0.618. The standard InChI is InChI=1S/C18H12F2O4S2/c1-7-13(9-3-5-11(19)25-9)16(18(23)24)8(2)14(15(7)17(21)22)10-4-6-12(20)26-10/h3-6H,1-2H3,(H,21,22)(H,23,24). The number of aromatic carboxylic acids is 2. The van der Waals surface area contributed by atoms with Gasteiger partial charge in [-0.3, -0.25) is 0 Å². The molecular formula is C18H12F2O4S2. The highest BCUT2D eigenvalue weighted by Gasteiger charge is 2.29. The van der Waals surface area contributed by atoms with E-state index in [1.807, 2.05) is 0 Å². The summed E-state index contributed by atoms with van der Waals surface area (Å²) >= 11 is 1.48. The molecule has 0 aliphatic carbocycles. The van der Waals surface area contributed by atoms with Gasteiger partial charge < -0.3 is 10.2 Å². The van der Waals surface area contributed by atoms with Gasteiger partial charge in [0.15, 0.2) is 10.3 Å². The predicted octanol–water partition coefficient (Wildman–Crippen LogP) is 5.44. The Hall–Kier alpha value is -2.58. The van der Waals surface area contributed by atoms with Gasteiger partial charge in [0.1, 0.15) is 0 Å². The minimum Gasteiger partial charge on any atom is -0.478 e. The molecule has 2 heterocycles. The minimum atomic E-state index is -1.26. The van der Waals surface area contributed by atoms with E-state index in [-0.39, 0.29) is 33.4 Å². The Labute approximate surface area is 155 Å². The maximum Gasteiger partial charge on any atom is 0.336 e. The van der Waals surface area contributed by atoms with Gasteiger partial charge in [-0.05, 0) is 49.2 Å². The van der Waals surface area contributed by atoms with E-state index >= 15 is 0 Å². The summed E-state index contributed by atoms with van der Waals surface area (Å²) in [4.78, 5) is 24.5. The second-order valence-electron chi connectivity index (χ2n) is 5.57. The van der Waals surface area contributed by atoms with Crippen molar-refractivity contribution < 1.29 is 28.6 Å². The molecule has 0 bridgehead atoms. The molecule has 4 nitrogen and oxygen atoms in total. The van der Waals surface area contributed by atoms with Crippen molar-refractivity contribution in [3.05, 3.63) is 56.8 Å². The number of hydrogen-bond acceptors (Lipinski definition) is 4. The zero-order valence-electron chi connectivity index (χ0n) is 13.6. The molecule has 0 aliphatic heterocycles. The van der Waals surface area contributed by atoms with Gasteiger partial charge in [-0.1, -0.05) is 0 Å². The van der Waals surface area contributed by atoms with Gasteiger partial charge in [-0.25, -0.2) is 9.59 Å². The van der Waals surface area contributed by atoms with E-state index in [1.54, 1.807) is 0 Å². The number of carbonyl (C=O) groups is 2. The van der Waals surface area contributed by atoms with E-state index in [1.165, 1.54) is 38.1 Å². The largest absolute Gasteiger partial charge is 0.478 e. The van der Waals surface area contributed by atoms with E-state index in [2.05, 4.69) is 0 Å². The SMILES string of the molecule is Cc1c(C(=O)O)c(-c2ccc(F)s2)c(C)c(C(=O)O)c1-c1ccc(F)s1. The van der Waals surface area contributed by atoms with Gasteiger partial charge in [0.2, 0.25) is 0 Å². The summed E-state index contributed by atoms with van der Waals surface area (Å²) in [5.74, 6) is -2.52. The van der Waals surface area contributed by atoms with Gasteiger partial charge in [0.25, 0.3) is 0 Å². The molecule has 2 aromatic heterocycles. The van der Waals surface area contributed by atoms with Crippen molar-refractivity contribution in [1.82, 2.24) is 0 Å². The number of hydrogen-bond donors (Lipinski definition) is 2. The topological polar surface area (TPSA) is 74.6 Å². The molecule has 3 rings (SSSR count). The van der Waals surface area contributed by atoms with Crippen molar-refractivity contribution in [3.8, 4) is 20.9 Å². The van der Waals surface area contributed by atoms with Crippen LogP contribution in [0, 0.1) is 24.1 Å². The summed E-state index contributed by atoms with van der Waals surface area (Å²) < 4.78 is 27.0. The molecule has 0 saturated heterocycles. The molecule has 0 atom stereocenters. The Balaban J connectivity index is 2.49. The van der Waals surface area contributed by atoms with Crippen molar-refractivity contribution in [1.29, 1.82) is 0 Å². The molecule has 0 spiro atoms. The van der Waals surface area contributed by atoms with Crippen molar-refractivity contribution in [2.45, 2.75) is 13.8 Å². The molecule has 26 heavy (non-hydrogen) atoms. The second-order valence-corrected chi connectivity index (χ2v) is 7.64. The zero-order chi connectivity index (χ0) is 19.2. The molecule has 0 aliphatic rings. The van der Waals surface area contributed by atoms with E-state index in [4.69, 9.17) is 0 Å². The van der Waals surface area contributed by atoms with Crippen molar-refractivity contribution >= 4 is 34.6 Å². The van der Waals surface area contributed by atoms with Crippen LogP contribution in [0.15, 0.2) is 24.3 Å². The van der Waals surface area contributed by atoms with Crippen LogP contribution in [0.5, 0.6) is 0 Å². The monoisotopic (exact) mass is 394 g/mol. The van der Waals surface area contributed by atoms with Crippen LogP contribution in [0.3, 0.4) is 0 Å². The molecule has 0 unspecified atom stereocenters. The first-order chi connectivity index (χ1) is 12.2. The third-order valence-corrected chi connectivity index (χ3v) is 5.85. The lowest BCUT2D eigenvalue weighted by atomic mass is 9.86. The first kappa shape index (κ1) is 18.2. The maximum absolute atomic E-state index is 13.5. The Morgan fingerprint density at radius 3 is 1.35 bits per heavy atom. The lowest BCUT2D eigenvalue weighted by Crippen LogP contribution is -2.12. The summed E-state index contributed by atoms with van der Waals surface area (Å²) in [6, 6.07) is 5.24. The summed E-state index contributed by atoms with van der Waals surface area (Å²) in [7, 11) is 0. The maximum atomic E-state index is 13.5. The molecular weight excluding hydrogens is 382 g/mol. The van der Waals surface area contributed by atoms with Crippen LogP contribution in [0.1, 0.15) is 31.8 Å². The molecule has 1 aromatic carbocycles. The van der Waals surface area contributed by atoms with Crippen molar-refractivity contribution in [2.24, 2.45) is 0 Å². The number of benzene rings is 1. The molecule has 2 N–H and O–H groups in total. The van der Waals surface area contributed by atoms with Gasteiger partial charge in [0, 0.05) is 20.9 Å². The van der Waals surface area contributed by atoms with Gasteiger partial charge >= 0.3 is 11.9 Å². The van der Waals surface area contributed by atoms with Crippen LogP contribution in [0.25, 0.3) is 20.9 Å². The highest BCUT2D eigenvalue weighted by molar-refractivity contribution is 7.14. The zero-order valence-corrected chi connectivity index (χ0v) is 15.2. The van der Waals surface area contributed by atoms with E-state index < -0.39 is 22.2 Å². The highest BCUT2D eigenvalue weighted by Crippen LogP contribution is 2.43. The van der Waals surface area contributed by atoms with Crippen molar-refractivity contribution in [2.75, 3.05) is 0 Å². The average Bonchev–Trinajstić information content (AvgIpc) is 3.16. The summed E-state index contributed by atoms with van der Waals surface area (Å²) in [6.45, 7) is 2.96. The lowest BCUT2D eigenvalue weighted by Gasteiger charge is -2.19. The number of carboxylic acids is 2. The third kappa shape index (κ3) is 2.91. The fourth-order valence-electron chi connectivity index (χ4n) is 3.05. The van der Waals surface area contributed by atoms with E-state index in [9.17, 15) is 28.6 Å². The number of halogens is 2. The molecule has 0 saturated carbocycles. The highest BCUT2D eigenvalue weighted by atomic mass is 32.1. The number of rotatable bonds is 4. The summed E-state index contributed by atoms with van der Waals surface area (Å²) in [5, 5.41) is 18.5. The normalized spacial score (nSPS) is 10.9. The average molecular weight is 394 g/mol. The van der Waals surface area contributed by atoms with Crippen LogP contribution in [-0.2, 0) is 0 Å². The van der Waals surface area contributed by atoms with Gasteiger partial charge in [-0.2, -0.15) is 8.78 Å². The van der Waals surface area contributed by atoms with Gasteiger partial charge in [0.05, 0.1) is 11.1 Å². The summed E-state index contributed by atoms with van der Waals surface area (Å²) in [6.07, 6.45) is 0. The predicted molar refractivity (Wildman–Crippen MR) is 96.4 cm³/mol. The fourth-order valence-corrected chi connectivity index (χ4v) is 4.73. The smallest absolute Gasteiger partial charge is 0.336 e. The van der Waals surface area contributed by atoms with Crippen LogP contribution >= 0.6 is 22.7 Å². The Kier molecular flexibility index (Phi) is 4.64. The Morgan fingerprint density at radius 1 is 0.769 bits per heavy atom. The van der Waals surface area contributed by atoms with Crippen LogP contribution in [0.2, 0.25) is 0 Å². The molecule has 0 radical (unpaired) electrons. The van der Waals surface area contributed by atoms with Crippen molar-refractivity contribution in [3.63, 3.8) is 0 Å². The first-order valence-corrected chi connectivity index (χ1v) is 9.00. The molecule has 3 aromatic rings. The molecule has 8 heteroatoms. The second kappa shape index (κ2) is 6.62. The lowest BCUT2D eigenvalue weighted by molar-refractivity contribution is 0.0681. The molecule has 0 amide bonds. The fraction of sp³-hybridized carbons (Fsp3) is 0.111. The number of carboxylic acid groups (broad SMARTS) is 2. The Morgan fingerprint density at radius 2 is 1.12 bits per heavy atom. The van der Waals surface area contributed by atoms with Crippen LogP contribution in [0.4, 0.5) is 8.78 Å². The first-order valence-electron chi connectivity index (χ1n) is 7.37. The number of thiophene rings is 2. The van der Waals surface area contributed by atoms with Crippen LogP contribution < -0.4 is 0 Å². The third-order valence-electron chi connectivity index (χ3n) is 4.07. The molecule has 134 valence electrons. The Bertz CT molecular complexity index is 966. The van der Waals surface area contributed by atoms with E-state index in [0.29, 0.717) is 9.75 Å². The van der Waals surface area contributed by atoms with Gasteiger partial charge in [-0.15, -0.1) is 22.7 Å². The molecule has 0 fully saturated rings. The van der Waals surface area contributed by atoms with Crippen LogP contribution in [-0.4, -0.2) is 22.2 Å². The summed E-state index contributed by atoms with van der Waals surface area (Å²) in [5.41, 5.74) is 0.512. The minimum absolute atomic E-state index is 0.113.